The number of fused-ring (bicyclic) bond motifs is 1. The Hall–Kier alpha value is -4.20. The van der Waals surface area contributed by atoms with Crippen LogP contribution in [0.15, 0.2) is 41.1 Å². The molecule has 0 saturated carbocycles. The Morgan fingerprint density at radius 3 is 2.76 bits per heavy atom. The third kappa shape index (κ3) is 4.85. The van der Waals surface area contributed by atoms with E-state index in [0.717, 1.165) is 29.7 Å². The number of hydrogen-bond acceptors (Lipinski definition) is 7. The largest absolute Gasteiger partial charge is 0.368 e. The predicted octanol–water partition coefficient (Wildman–Crippen LogP) is 3.94. The zero-order valence-electron chi connectivity index (χ0n) is 18.0. The Labute approximate surface area is 186 Å². The number of nitrogens with two attached hydrogens (primary N) is 1. The van der Waals surface area contributed by atoms with Crippen LogP contribution in [0, 0.1) is 24.1 Å². The molecule has 0 fully saturated rings. The van der Waals surface area contributed by atoms with Crippen LogP contribution in [-0.2, 0) is 0 Å². The lowest BCUT2D eigenvalue weighted by molar-refractivity contribution is 0.560. The number of anilines is 2. The van der Waals surface area contributed by atoms with Crippen LogP contribution in [0.25, 0.3) is 16.6 Å². The van der Waals surface area contributed by atoms with Gasteiger partial charge >= 0.3 is 0 Å². The lowest BCUT2D eigenvalue weighted by atomic mass is 10.1. The fourth-order valence-electron chi connectivity index (χ4n) is 3.33. The minimum atomic E-state index is -0.992. The van der Waals surface area contributed by atoms with Crippen molar-refractivity contribution in [3.05, 3.63) is 69.4 Å². The smallest absolute Gasteiger partial charge is 0.266 e. The average molecular weight is 455 g/mol. The van der Waals surface area contributed by atoms with Crippen molar-refractivity contribution in [1.82, 2.24) is 19.5 Å². The second-order valence-corrected chi connectivity index (χ2v) is 7.21. The van der Waals surface area contributed by atoms with Gasteiger partial charge in [0.15, 0.2) is 0 Å². The molecule has 1 atom stereocenters. The molecule has 0 spiro atoms. The molecule has 1 unspecified atom stereocenters. The molecule has 0 aliphatic carbocycles. The van der Waals surface area contributed by atoms with Crippen LogP contribution in [0.4, 0.5) is 24.9 Å². The number of alkyl halides is 1. The van der Waals surface area contributed by atoms with Crippen molar-refractivity contribution in [2.24, 2.45) is 0 Å². The first-order valence-electron chi connectivity index (χ1n) is 9.78. The number of allylic oxidation sites excluding steroid dienone is 4. The number of nitrogens with one attached hydrogen (secondary N) is 1. The first-order valence-corrected chi connectivity index (χ1v) is 9.78. The highest BCUT2D eigenvalue weighted by atomic mass is 19.1. The molecule has 2 aromatic heterocycles. The second-order valence-electron chi connectivity index (χ2n) is 7.21. The molecule has 3 aromatic rings. The van der Waals surface area contributed by atoms with E-state index in [-0.39, 0.29) is 39.8 Å². The van der Waals surface area contributed by atoms with E-state index in [0.29, 0.717) is 5.56 Å². The molecule has 11 heteroatoms. The van der Waals surface area contributed by atoms with Crippen LogP contribution < -0.4 is 16.6 Å². The van der Waals surface area contributed by atoms with Crippen molar-refractivity contribution in [3.8, 4) is 6.07 Å². The zero-order valence-corrected chi connectivity index (χ0v) is 18.0. The van der Waals surface area contributed by atoms with Crippen LogP contribution in [0.2, 0.25) is 0 Å². The maximum atomic E-state index is 14.0. The van der Waals surface area contributed by atoms with Gasteiger partial charge in [0.25, 0.3) is 5.56 Å². The van der Waals surface area contributed by atoms with Crippen LogP contribution in [0.1, 0.15) is 36.8 Å². The highest BCUT2D eigenvalue weighted by Gasteiger charge is 2.21. The maximum absolute atomic E-state index is 14.0. The summed E-state index contributed by atoms with van der Waals surface area (Å²) in [5, 5.41) is 12.2. The number of aromatic nitrogens is 4. The Morgan fingerprint density at radius 1 is 1.39 bits per heavy atom. The van der Waals surface area contributed by atoms with Crippen molar-refractivity contribution in [2.75, 3.05) is 17.7 Å². The Morgan fingerprint density at radius 2 is 2.12 bits per heavy atom. The summed E-state index contributed by atoms with van der Waals surface area (Å²) in [7, 11) is 0. The molecular formula is C22H20F3N7O. The number of halogens is 3. The summed E-state index contributed by atoms with van der Waals surface area (Å²) < 4.78 is 42.1. The van der Waals surface area contributed by atoms with Crippen LogP contribution in [0.5, 0.6) is 0 Å². The minimum absolute atomic E-state index is 0.0536. The fraction of sp³-hybridized carbons (Fsp3) is 0.227. The van der Waals surface area contributed by atoms with E-state index in [1.54, 1.807) is 13.8 Å². The van der Waals surface area contributed by atoms with Crippen LogP contribution in [-0.4, -0.2) is 26.2 Å². The maximum Gasteiger partial charge on any atom is 0.266 e. The fourth-order valence-corrected chi connectivity index (χ4v) is 3.33. The van der Waals surface area contributed by atoms with E-state index in [4.69, 9.17) is 5.73 Å². The van der Waals surface area contributed by atoms with Gasteiger partial charge in [-0.1, -0.05) is 0 Å². The van der Waals surface area contributed by atoms with E-state index in [2.05, 4.69) is 20.3 Å². The van der Waals surface area contributed by atoms with E-state index < -0.39 is 29.9 Å². The number of hydrogen-bond donors (Lipinski definition) is 2. The van der Waals surface area contributed by atoms with E-state index >= 15 is 0 Å². The first kappa shape index (κ1) is 23.5. The van der Waals surface area contributed by atoms with E-state index in [1.807, 2.05) is 6.07 Å². The van der Waals surface area contributed by atoms with Crippen molar-refractivity contribution in [3.63, 3.8) is 0 Å². The predicted molar refractivity (Wildman–Crippen MR) is 119 cm³/mol. The summed E-state index contributed by atoms with van der Waals surface area (Å²) in [4.78, 5) is 25.7. The van der Waals surface area contributed by atoms with Crippen molar-refractivity contribution < 1.29 is 13.2 Å². The molecule has 2 heterocycles. The lowest BCUT2D eigenvalue weighted by Gasteiger charge is -2.21. The number of benzene rings is 1. The molecule has 0 aliphatic heterocycles. The van der Waals surface area contributed by atoms with Gasteiger partial charge in [0, 0.05) is 0 Å². The summed E-state index contributed by atoms with van der Waals surface area (Å²) in [5.74, 6) is -1.28. The van der Waals surface area contributed by atoms with Gasteiger partial charge in [0.05, 0.1) is 34.7 Å². The first-order chi connectivity index (χ1) is 15.7. The van der Waals surface area contributed by atoms with Gasteiger partial charge in [-0.2, -0.15) is 10.2 Å². The Bertz CT molecular complexity index is 1390. The minimum Gasteiger partial charge on any atom is -0.368 e. The van der Waals surface area contributed by atoms with Crippen molar-refractivity contribution >= 4 is 28.4 Å². The number of nitrogens with zero attached hydrogens (tertiary/aromatic N) is 5. The van der Waals surface area contributed by atoms with Crippen molar-refractivity contribution in [2.45, 2.75) is 26.8 Å². The standard InChI is InChI=1S/C22H20F3N7O/c1-11-6-15(25)8-17-18(11)30-20(32(21(17)33)16(4-5-23)7-12(2)24)13(3)29-19-14(9-26)10-28-22(27)31-19/h4,6-8,10,13H,5H2,1-3H3,(H3,27,28,29,31)/b12-7+,16-4+. The molecule has 0 amide bonds. The molecule has 3 N–H and O–H groups in total. The van der Waals surface area contributed by atoms with Gasteiger partial charge in [-0.05, 0) is 50.6 Å². The molecule has 0 bridgehead atoms. The summed E-state index contributed by atoms with van der Waals surface area (Å²) in [6.07, 6.45) is 3.21. The summed E-state index contributed by atoms with van der Waals surface area (Å²) in [6, 6.07) is 3.37. The van der Waals surface area contributed by atoms with Crippen LogP contribution in [0.3, 0.4) is 0 Å². The van der Waals surface area contributed by atoms with Gasteiger partial charge in [-0.25, -0.2) is 23.1 Å². The quantitative estimate of drug-likeness (QED) is 0.540. The molecule has 3 rings (SSSR count). The lowest BCUT2D eigenvalue weighted by Crippen LogP contribution is -2.28. The van der Waals surface area contributed by atoms with E-state index in [9.17, 15) is 23.2 Å². The Kier molecular flexibility index (Phi) is 6.77. The molecule has 170 valence electrons. The SMILES string of the molecule is C/C(F)=C\C(=C/CF)n1c(C(C)Nc2nc(N)ncc2C#N)nc2c(C)cc(F)cc2c1=O. The second kappa shape index (κ2) is 9.52. The molecule has 0 saturated heterocycles. The van der Waals surface area contributed by atoms with E-state index in [1.165, 1.54) is 12.3 Å². The summed E-state index contributed by atoms with van der Waals surface area (Å²) in [5.41, 5.74) is 5.50. The van der Waals surface area contributed by atoms with Gasteiger partial charge in [-0.3, -0.25) is 9.36 Å². The molecular weight excluding hydrogens is 435 g/mol. The number of rotatable bonds is 6. The average Bonchev–Trinajstić information content (AvgIpc) is 2.73. The molecule has 1 aromatic carbocycles. The third-order valence-corrected chi connectivity index (χ3v) is 4.71. The normalized spacial score (nSPS) is 13.1. The van der Waals surface area contributed by atoms with Crippen molar-refractivity contribution in [1.29, 1.82) is 5.26 Å². The van der Waals surface area contributed by atoms with Gasteiger partial charge in [-0.15, -0.1) is 0 Å². The Balaban J connectivity index is 2.32. The molecule has 0 radical (unpaired) electrons. The molecule has 0 aliphatic rings. The highest BCUT2D eigenvalue weighted by molar-refractivity contribution is 5.82. The monoisotopic (exact) mass is 455 g/mol. The summed E-state index contributed by atoms with van der Waals surface area (Å²) >= 11 is 0. The molecule has 8 nitrogen and oxygen atoms in total. The zero-order chi connectivity index (χ0) is 24.3. The van der Waals surface area contributed by atoms with Gasteiger partial charge in [0.1, 0.15) is 35.8 Å². The number of nitriles is 1. The van der Waals surface area contributed by atoms with Crippen LogP contribution >= 0.6 is 0 Å². The third-order valence-electron chi connectivity index (χ3n) is 4.71. The van der Waals surface area contributed by atoms with Gasteiger partial charge < -0.3 is 11.1 Å². The summed E-state index contributed by atoms with van der Waals surface area (Å²) in [6.45, 7) is 3.35. The number of nitrogen functional groups attached to an aromatic ring is 1. The number of aryl methyl sites for hydroxylation is 1. The molecule has 33 heavy (non-hydrogen) atoms. The van der Waals surface area contributed by atoms with Gasteiger partial charge in [0.2, 0.25) is 5.95 Å². The topological polar surface area (TPSA) is 123 Å². The highest BCUT2D eigenvalue weighted by Crippen LogP contribution is 2.25.